The number of ether oxygens (including phenoxy) is 1. The Morgan fingerprint density at radius 3 is 2.74 bits per heavy atom. The van der Waals surface area contributed by atoms with Crippen molar-refractivity contribution in [1.82, 2.24) is 10.3 Å². The highest BCUT2D eigenvalue weighted by atomic mass is 16.5. The van der Waals surface area contributed by atoms with Crippen molar-refractivity contribution in [2.45, 2.75) is 18.9 Å². The molecule has 0 aliphatic carbocycles. The van der Waals surface area contributed by atoms with Crippen molar-refractivity contribution >= 4 is 0 Å². The zero-order valence-corrected chi connectivity index (χ0v) is 10.9. The highest BCUT2D eigenvalue weighted by molar-refractivity contribution is 5.69. The van der Waals surface area contributed by atoms with Gasteiger partial charge in [0, 0.05) is 24.5 Å². The Kier molecular flexibility index (Phi) is 3.75. The van der Waals surface area contributed by atoms with Crippen molar-refractivity contribution < 1.29 is 4.74 Å². The van der Waals surface area contributed by atoms with Crippen molar-refractivity contribution in [3.8, 4) is 16.9 Å². The molecule has 98 valence electrons. The second-order valence-corrected chi connectivity index (χ2v) is 4.82. The Morgan fingerprint density at radius 2 is 1.95 bits per heavy atom. The van der Waals surface area contributed by atoms with Crippen molar-refractivity contribution in [3.63, 3.8) is 0 Å². The van der Waals surface area contributed by atoms with E-state index in [1.165, 1.54) is 6.42 Å². The van der Waals surface area contributed by atoms with Gasteiger partial charge in [-0.05, 0) is 43.1 Å². The third kappa shape index (κ3) is 2.93. The summed E-state index contributed by atoms with van der Waals surface area (Å²) >= 11 is 0. The van der Waals surface area contributed by atoms with E-state index in [-0.39, 0.29) is 6.10 Å². The largest absolute Gasteiger partial charge is 0.488 e. The maximum atomic E-state index is 6.16. The first kappa shape index (κ1) is 12.2. The first-order valence-corrected chi connectivity index (χ1v) is 6.80. The number of rotatable bonds is 3. The molecule has 1 N–H and O–H groups in total. The van der Waals surface area contributed by atoms with Crippen LogP contribution in [0.4, 0.5) is 0 Å². The lowest BCUT2D eigenvalue weighted by Gasteiger charge is -2.25. The van der Waals surface area contributed by atoms with Crippen LogP contribution in [0.25, 0.3) is 11.1 Å². The summed E-state index contributed by atoms with van der Waals surface area (Å²) < 4.78 is 6.16. The maximum absolute atomic E-state index is 6.16. The molecule has 1 aliphatic rings. The SMILES string of the molecule is c1ccc(-c2ccncc2)c(OC2CCCNC2)c1. The van der Waals surface area contributed by atoms with Gasteiger partial charge in [0.05, 0.1) is 0 Å². The van der Waals surface area contributed by atoms with Gasteiger partial charge in [0.15, 0.2) is 0 Å². The Balaban J connectivity index is 1.85. The predicted octanol–water partition coefficient (Wildman–Crippen LogP) is 2.88. The van der Waals surface area contributed by atoms with Crippen LogP contribution in [0, 0.1) is 0 Å². The van der Waals surface area contributed by atoms with E-state index in [1.54, 1.807) is 0 Å². The smallest absolute Gasteiger partial charge is 0.127 e. The summed E-state index contributed by atoms with van der Waals surface area (Å²) in [4.78, 5) is 4.07. The number of benzene rings is 1. The number of para-hydroxylation sites is 1. The molecule has 19 heavy (non-hydrogen) atoms. The van der Waals surface area contributed by atoms with E-state index in [0.717, 1.165) is 36.4 Å². The molecule has 3 heteroatoms. The average molecular weight is 254 g/mol. The van der Waals surface area contributed by atoms with E-state index < -0.39 is 0 Å². The standard InChI is InChI=1S/C16H18N2O/c1-2-6-16(19-14-4-3-9-18-12-14)15(5-1)13-7-10-17-11-8-13/h1-2,5-8,10-11,14,18H,3-4,9,12H2. The van der Waals surface area contributed by atoms with Crippen LogP contribution >= 0.6 is 0 Å². The second kappa shape index (κ2) is 5.85. The molecule has 1 aliphatic heterocycles. The lowest BCUT2D eigenvalue weighted by atomic mass is 10.1. The number of piperidine rings is 1. The number of nitrogens with zero attached hydrogens (tertiary/aromatic N) is 1. The molecule has 1 atom stereocenters. The predicted molar refractivity (Wildman–Crippen MR) is 76.2 cm³/mol. The van der Waals surface area contributed by atoms with Crippen LogP contribution in [0.2, 0.25) is 0 Å². The summed E-state index contributed by atoms with van der Waals surface area (Å²) in [5.41, 5.74) is 2.28. The number of nitrogens with one attached hydrogen (secondary N) is 1. The van der Waals surface area contributed by atoms with Crippen molar-refractivity contribution in [2.24, 2.45) is 0 Å². The van der Waals surface area contributed by atoms with Gasteiger partial charge < -0.3 is 10.1 Å². The van der Waals surface area contributed by atoms with Gasteiger partial charge in [-0.1, -0.05) is 18.2 Å². The molecule has 1 saturated heterocycles. The minimum absolute atomic E-state index is 0.275. The molecule has 1 aromatic carbocycles. The van der Waals surface area contributed by atoms with Crippen molar-refractivity contribution in [1.29, 1.82) is 0 Å². The second-order valence-electron chi connectivity index (χ2n) is 4.82. The lowest BCUT2D eigenvalue weighted by molar-refractivity contribution is 0.168. The average Bonchev–Trinajstić information content (AvgIpc) is 2.50. The van der Waals surface area contributed by atoms with E-state index in [4.69, 9.17) is 4.74 Å². The molecule has 0 bridgehead atoms. The summed E-state index contributed by atoms with van der Waals surface area (Å²) in [7, 11) is 0. The molecule has 0 radical (unpaired) electrons. The number of pyridine rings is 1. The topological polar surface area (TPSA) is 34.1 Å². The summed E-state index contributed by atoms with van der Waals surface area (Å²) in [5.74, 6) is 0.961. The molecule has 0 spiro atoms. The molecule has 1 fully saturated rings. The van der Waals surface area contributed by atoms with Gasteiger partial charge in [-0.25, -0.2) is 0 Å². The molecule has 2 heterocycles. The van der Waals surface area contributed by atoms with Crippen LogP contribution in [-0.2, 0) is 0 Å². The van der Waals surface area contributed by atoms with Crippen LogP contribution in [0.15, 0.2) is 48.8 Å². The van der Waals surface area contributed by atoms with E-state index in [1.807, 2.05) is 42.7 Å². The normalized spacial score (nSPS) is 19.1. The highest BCUT2D eigenvalue weighted by Crippen LogP contribution is 2.30. The number of hydrogen-bond donors (Lipinski definition) is 1. The maximum Gasteiger partial charge on any atom is 0.127 e. The first-order chi connectivity index (χ1) is 9.43. The van der Waals surface area contributed by atoms with Crippen LogP contribution < -0.4 is 10.1 Å². The zero-order chi connectivity index (χ0) is 12.9. The zero-order valence-electron chi connectivity index (χ0n) is 10.9. The molecular weight excluding hydrogens is 236 g/mol. The summed E-state index contributed by atoms with van der Waals surface area (Å²) in [5, 5.41) is 3.38. The van der Waals surface area contributed by atoms with E-state index in [0.29, 0.717) is 0 Å². The van der Waals surface area contributed by atoms with Gasteiger partial charge in [0.1, 0.15) is 11.9 Å². The molecule has 3 nitrogen and oxygen atoms in total. The van der Waals surface area contributed by atoms with Gasteiger partial charge >= 0.3 is 0 Å². The Labute approximate surface area is 113 Å². The van der Waals surface area contributed by atoms with Crippen LogP contribution in [0.5, 0.6) is 5.75 Å². The van der Waals surface area contributed by atoms with Gasteiger partial charge in [-0.15, -0.1) is 0 Å². The Bertz CT molecular complexity index is 521. The molecular formula is C16H18N2O. The molecule has 2 aromatic rings. The van der Waals surface area contributed by atoms with Gasteiger partial charge in [-0.2, -0.15) is 0 Å². The molecule has 1 unspecified atom stereocenters. The first-order valence-electron chi connectivity index (χ1n) is 6.80. The Morgan fingerprint density at radius 1 is 1.11 bits per heavy atom. The third-order valence-corrected chi connectivity index (χ3v) is 3.42. The minimum Gasteiger partial charge on any atom is -0.488 e. The fraction of sp³-hybridized carbons (Fsp3) is 0.312. The summed E-state index contributed by atoms with van der Waals surface area (Å²) in [6, 6.07) is 12.2. The van der Waals surface area contributed by atoms with Gasteiger partial charge in [-0.3, -0.25) is 4.98 Å². The molecule has 0 amide bonds. The molecule has 3 rings (SSSR count). The highest BCUT2D eigenvalue weighted by Gasteiger charge is 2.16. The van der Waals surface area contributed by atoms with Crippen molar-refractivity contribution in [3.05, 3.63) is 48.8 Å². The third-order valence-electron chi connectivity index (χ3n) is 3.42. The quantitative estimate of drug-likeness (QED) is 0.914. The number of hydrogen-bond acceptors (Lipinski definition) is 3. The Hall–Kier alpha value is -1.87. The lowest BCUT2D eigenvalue weighted by Crippen LogP contribution is -2.37. The van der Waals surface area contributed by atoms with Gasteiger partial charge in [0.2, 0.25) is 0 Å². The van der Waals surface area contributed by atoms with Crippen LogP contribution in [-0.4, -0.2) is 24.2 Å². The van der Waals surface area contributed by atoms with Crippen LogP contribution in [0.1, 0.15) is 12.8 Å². The monoisotopic (exact) mass is 254 g/mol. The van der Waals surface area contributed by atoms with Crippen LogP contribution in [0.3, 0.4) is 0 Å². The fourth-order valence-electron chi connectivity index (χ4n) is 2.44. The van der Waals surface area contributed by atoms with E-state index >= 15 is 0 Å². The molecule has 0 saturated carbocycles. The van der Waals surface area contributed by atoms with Crippen molar-refractivity contribution in [2.75, 3.05) is 13.1 Å². The minimum atomic E-state index is 0.275. The van der Waals surface area contributed by atoms with E-state index in [9.17, 15) is 0 Å². The summed E-state index contributed by atoms with van der Waals surface area (Å²) in [6.45, 7) is 2.04. The van der Waals surface area contributed by atoms with Gasteiger partial charge in [0.25, 0.3) is 0 Å². The fourth-order valence-corrected chi connectivity index (χ4v) is 2.44. The number of aromatic nitrogens is 1. The molecule has 1 aromatic heterocycles. The summed E-state index contributed by atoms with van der Waals surface area (Å²) in [6.07, 6.45) is 6.21. The van der Waals surface area contributed by atoms with E-state index in [2.05, 4.69) is 16.4 Å².